The van der Waals surface area contributed by atoms with Crippen LogP contribution in [0.25, 0.3) is 33.8 Å². The summed E-state index contributed by atoms with van der Waals surface area (Å²) in [5.41, 5.74) is 1.91. The average Bonchev–Trinajstić information content (AvgIpc) is 2.99. The van der Waals surface area contributed by atoms with Gasteiger partial charge in [-0.3, -0.25) is 26.3 Å². The minimum atomic E-state index is -0.649. The van der Waals surface area contributed by atoms with E-state index in [0.29, 0.717) is 17.1 Å². The van der Waals surface area contributed by atoms with Crippen LogP contribution in [0.5, 0.6) is 0 Å². The summed E-state index contributed by atoms with van der Waals surface area (Å²) in [6.45, 7) is 0. The summed E-state index contributed by atoms with van der Waals surface area (Å²) in [6.07, 6.45) is 4.64. The van der Waals surface area contributed by atoms with Crippen LogP contribution in [0.2, 0.25) is 0 Å². The van der Waals surface area contributed by atoms with Crippen molar-refractivity contribution in [3.05, 3.63) is 163 Å². The van der Waals surface area contributed by atoms with Gasteiger partial charge in [0.05, 0.1) is 0 Å². The van der Waals surface area contributed by atoms with Crippen molar-refractivity contribution in [1.82, 2.24) is 15.0 Å². The molecule has 0 aliphatic carbocycles. The van der Waals surface area contributed by atoms with Crippen molar-refractivity contribution in [2.24, 2.45) is 0 Å². The molecule has 10 heteroatoms. The Morgan fingerprint density at radius 2 is 0.698 bits per heavy atom. The Kier molecular flexibility index (Phi) is 12.3. The molecule has 6 rings (SSSR count). The fourth-order valence-corrected chi connectivity index (χ4v) is 3.46. The van der Waals surface area contributed by atoms with E-state index in [0.717, 1.165) is 36.4 Å². The zero-order valence-electron chi connectivity index (χ0n) is 21.8. The molecular weight excluding hydrogens is 745 g/mol. The van der Waals surface area contributed by atoms with Crippen LogP contribution in [0.4, 0.5) is 26.3 Å². The predicted octanol–water partition coefficient (Wildman–Crippen LogP) is 8.48. The second-order valence-corrected chi connectivity index (χ2v) is 8.27. The topological polar surface area (TPSA) is 38.7 Å². The number of benzene rings is 3. The Bertz CT molecular complexity index is 1530. The molecule has 6 aromatic rings. The van der Waals surface area contributed by atoms with Gasteiger partial charge in [0.15, 0.2) is 0 Å². The fourth-order valence-electron chi connectivity index (χ4n) is 3.46. The van der Waals surface area contributed by atoms with Crippen LogP contribution in [0.3, 0.4) is 0 Å². The van der Waals surface area contributed by atoms with Crippen LogP contribution in [-0.4, -0.2) is 15.0 Å². The van der Waals surface area contributed by atoms with E-state index in [9.17, 15) is 26.3 Å². The van der Waals surface area contributed by atoms with E-state index in [-0.39, 0.29) is 36.8 Å². The van der Waals surface area contributed by atoms with E-state index in [2.05, 4.69) is 33.2 Å². The van der Waals surface area contributed by atoms with E-state index in [4.69, 9.17) is 0 Å². The number of hydrogen-bond acceptors (Lipinski definition) is 3. The Morgan fingerprint density at radius 3 is 0.907 bits per heavy atom. The predicted molar refractivity (Wildman–Crippen MR) is 145 cm³/mol. The minimum Gasteiger partial charge on any atom is -0.305 e. The van der Waals surface area contributed by atoms with Crippen LogP contribution in [0, 0.1) is 53.1 Å². The smallest absolute Gasteiger partial charge is 0.305 e. The third-order valence-electron chi connectivity index (χ3n) is 5.34. The van der Waals surface area contributed by atoms with E-state index in [1.54, 1.807) is 73.2 Å². The Balaban J connectivity index is 0.000000175. The van der Waals surface area contributed by atoms with Gasteiger partial charge in [0.1, 0.15) is 0 Å². The third-order valence-corrected chi connectivity index (χ3v) is 5.34. The molecule has 0 saturated heterocycles. The molecule has 0 N–H and O–H groups in total. The Labute approximate surface area is 257 Å². The number of rotatable bonds is 3. The van der Waals surface area contributed by atoms with E-state index in [1.165, 1.54) is 0 Å². The summed E-state index contributed by atoms with van der Waals surface area (Å²) in [4.78, 5) is 11.8. The van der Waals surface area contributed by atoms with E-state index < -0.39 is 34.9 Å². The van der Waals surface area contributed by atoms with Crippen molar-refractivity contribution in [2.45, 2.75) is 0 Å². The van der Waals surface area contributed by atoms with Gasteiger partial charge in [0, 0.05) is 53.5 Å². The van der Waals surface area contributed by atoms with Gasteiger partial charge >= 0.3 is 20.1 Å². The molecular formula is C33H18F6IrN3. The molecule has 43 heavy (non-hydrogen) atoms. The Morgan fingerprint density at radius 1 is 0.419 bits per heavy atom. The summed E-state index contributed by atoms with van der Waals surface area (Å²) >= 11 is 0. The number of hydrogen-bond donors (Lipinski definition) is 0. The summed E-state index contributed by atoms with van der Waals surface area (Å²) in [5, 5.41) is 0. The van der Waals surface area contributed by atoms with Crippen LogP contribution in [0.1, 0.15) is 0 Å². The summed E-state index contributed by atoms with van der Waals surface area (Å²) in [5.74, 6) is -3.86. The molecule has 216 valence electrons. The van der Waals surface area contributed by atoms with Crippen LogP contribution >= 0.6 is 0 Å². The summed E-state index contributed by atoms with van der Waals surface area (Å²) < 4.78 is 77.4. The molecule has 0 saturated carbocycles. The molecule has 3 heterocycles. The minimum absolute atomic E-state index is 0. The first kappa shape index (κ1) is 32.8. The maximum atomic E-state index is 13.2. The fraction of sp³-hybridized carbons (Fsp3) is 0. The van der Waals surface area contributed by atoms with Gasteiger partial charge in [0.2, 0.25) is 0 Å². The van der Waals surface area contributed by atoms with Crippen molar-refractivity contribution in [2.75, 3.05) is 0 Å². The number of aromatic nitrogens is 3. The normalized spacial score (nSPS) is 9.91. The van der Waals surface area contributed by atoms with Crippen molar-refractivity contribution in [3.63, 3.8) is 0 Å². The quantitative estimate of drug-likeness (QED) is 0.134. The van der Waals surface area contributed by atoms with Gasteiger partial charge in [0.25, 0.3) is 0 Å². The molecule has 3 aromatic heterocycles. The van der Waals surface area contributed by atoms with Crippen LogP contribution in [0.15, 0.2) is 110 Å². The molecule has 0 aliphatic rings. The van der Waals surface area contributed by atoms with Crippen LogP contribution in [-0.2, 0) is 20.1 Å². The monoisotopic (exact) mass is 763 g/mol. The zero-order chi connectivity index (χ0) is 29.9. The molecule has 3 aromatic carbocycles. The van der Waals surface area contributed by atoms with Crippen molar-refractivity contribution in [1.29, 1.82) is 0 Å². The third kappa shape index (κ3) is 9.43. The summed E-state index contributed by atoms with van der Waals surface area (Å²) in [6, 6.07) is 28.6. The SMILES string of the molecule is Fc1c[c-]c(-c2ccccn2)c(F)c1.Fc1c[c-]c(-c2ccccn2)c(F)c1.Fc1c[c-]c(-c2ccccn2)c(F)c1.[Ir+3]. The van der Waals surface area contributed by atoms with Gasteiger partial charge in [-0.1, -0.05) is 71.3 Å². The molecule has 0 aliphatic heterocycles. The van der Waals surface area contributed by atoms with Gasteiger partial charge in [-0.15, -0.1) is 36.4 Å². The zero-order valence-corrected chi connectivity index (χ0v) is 24.2. The second kappa shape index (κ2) is 16.1. The number of nitrogens with zero attached hydrogens (tertiary/aromatic N) is 3. The van der Waals surface area contributed by atoms with Crippen molar-refractivity contribution < 1.29 is 46.4 Å². The molecule has 0 spiro atoms. The standard InChI is InChI=1S/3C11H6F2N.Ir/c3*12-8-4-5-9(10(13)7-8)11-3-1-2-6-14-11;/h3*1-4,6-7H;/q3*-1;+3. The van der Waals surface area contributed by atoms with Crippen molar-refractivity contribution >= 4 is 0 Å². The molecule has 0 fully saturated rings. The molecule has 3 nitrogen and oxygen atoms in total. The van der Waals surface area contributed by atoms with Gasteiger partial charge in [-0.2, -0.15) is 0 Å². The molecule has 0 unspecified atom stereocenters. The molecule has 0 atom stereocenters. The van der Waals surface area contributed by atoms with Gasteiger partial charge in [-0.25, -0.2) is 0 Å². The maximum Gasteiger partial charge on any atom is 3.00 e. The van der Waals surface area contributed by atoms with Crippen LogP contribution < -0.4 is 0 Å². The average molecular weight is 763 g/mol. The van der Waals surface area contributed by atoms with Crippen molar-refractivity contribution in [3.8, 4) is 33.8 Å². The number of halogens is 6. The molecule has 0 radical (unpaired) electrons. The maximum absolute atomic E-state index is 13.2. The molecule has 0 bridgehead atoms. The van der Waals surface area contributed by atoms with E-state index >= 15 is 0 Å². The Hall–Kier alpha value is -4.66. The first-order valence-electron chi connectivity index (χ1n) is 12.2. The first-order chi connectivity index (χ1) is 20.3. The number of pyridine rings is 3. The largest absolute Gasteiger partial charge is 3.00 e. The van der Waals surface area contributed by atoms with Gasteiger partial charge in [-0.05, 0) is 35.3 Å². The second-order valence-electron chi connectivity index (χ2n) is 8.27. The van der Waals surface area contributed by atoms with E-state index in [1.807, 2.05) is 0 Å². The summed E-state index contributed by atoms with van der Waals surface area (Å²) in [7, 11) is 0. The first-order valence-corrected chi connectivity index (χ1v) is 12.2. The molecule has 0 amide bonds. The van der Waals surface area contributed by atoms with Gasteiger partial charge < -0.3 is 15.0 Å².